The number of hydrogen-bond acceptors (Lipinski definition) is 6. The molecule has 0 radical (unpaired) electrons. The molecule has 0 spiro atoms. The van der Waals surface area contributed by atoms with Crippen LogP contribution in [0, 0.1) is 6.92 Å². The molecule has 138 valence electrons. The lowest BCUT2D eigenvalue weighted by atomic mass is 10.1. The monoisotopic (exact) mass is 382 g/mol. The number of aryl methyl sites for hydroxylation is 1. The summed E-state index contributed by atoms with van der Waals surface area (Å²) in [6, 6.07) is 14.4. The zero-order chi connectivity index (χ0) is 19.4. The van der Waals surface area contributed by atoms with Crippen molar-refractivity contribution >= 4 is 40.5 Å². The molecular weight excluding hydrogens is 364 g/mol. The van der Waals surface area contributed by atoms with Gasteiger partial charge in [-0.3, -0.25) is 4.79 Å². The summed E-state index contributed by atoms with van der Waals surface area (Å²) >= 11 is 6.16. The highest BCUT2D eigenvalue weighted by Crippen LogP contribution is 2.28. The van der Waals surface area contributed by atoms with Crippen LogP contribution in [0.4, 0.5) is 23.1 Å². The van der Waals surface area contributed by atoms with Gasteiger partial charge >= 0.3 is 0 Å². The van der Waals surface area contributed by atoms with Crippen molar-refractivity contribution in [3.8, 4) is 5.75 Å². The molecule has 6 nitrogen and oxygen atoms in total. The molecule has 0 aliphatic carbocycles. The largest absolute Gasteiger partial charge is 0.495 e. The molecule has 0 fully saturated rings. The van der Waals surface area contributed by atoms with E-state index in [-0.39, 0.29) is 5.78 Å². The highest BCUT2D eigenvalue weighted by atomic mass is 35.5. The normalized spacial score (nSPS) is 10.4. The lowest BCUT2D eigenvalue weighted by Crippen LogP contribution is -2.02. The predicted octanol–water partition coefficient (Wildman–Crippen LogP) is 5.14. The van der Waals surface area contributed by atoms with Crippen LogP contribution in [-0.4, -0.2) is 22.9 Å². The number of aromatic nitrogens is 2. The lowest BCUT2D eigenvalue weighted by molar-refractivity contribution is 0.101. The van der Waals surface area contributed by atoms with Gasteiger partial charge in [0.05, 0.1) is 12.1 Å². The van der Waals surface area contributed by atoms with Crippen LogP contribution in [0.1, 0.15) is 23.0 Å². The molecule has 3 aromatic rings. The fourth-order valence-corrected chi connectivity index (χ4v) is 2.76. The number of rotatable bonds is 6. The molecule has 0 saturated heterocycles. The maximum Gasteiger partial charge on any atom is 0.229 e. The van der Waals surface area contributed by atoms with Crippen molar-refractivity contribution in [2.75, 3.05) is 17.7 Å². The van der Waals surface area contributed by atoms with Crippen molar-refractivity contribution in [3.63, 3.8) is 0 Å². The average molecular weight is 383 g/mol. The number of anilines is 4. The number of benzene rings is 2. The highest BCUT2D eigenvalue weighted by molar-refractivity contribution is 6.32. The van der Waals surface area contributed by atoms with Crippen molar-refractivity contribution in [2.45, 2.75) is 13.8 Å². The highest BCUT2D eigenvalue weighted by Gasteiger charge is 2.07. The third-order valence-corrected chi connectivity index (χ3v) is 4.12. The summed E-state index contributed by atoms with van der Waals surface area (Å²) < 4.78 is 5.16. The molecule has 0 amide bonds. The van der Waals surface area contributed by atoms with Crippen LogP contribution in [0.15, 0.2) is 48.5 Å². The summed E-state index contributed by atoms with van der Waals surface area (Å²) in [7, 11) is 1.57. The Morgan fingerprint density at radius 3 is 2.33 bits per heavy atom. The molecule has 0 atom stereocenters. The van der Waals surface area contributed by atoms with Gasteiger partial charge in [-0.25, -0.2) is 4.98 Å². The Morgan fingerprint density at radius 1 is 1.00 bits per heavy atom. The van der Waals surface area contributed by atoms with Gasteiger partial charge in [0.15, 0.2) is 5.78 Å². The van der Waals surface area contributed by atoms with Gasteiger partial charge in [-0.05, 0) is 56.3 Å². The fraction of sp³-hybridized carbons (Fsp3) is 0.150. The van der Waals surface area contributed by atoms with E-state index in [4.69, 9.17) is 16.3 Å². The van der Waals surface area contributed by atoms with Gasteiger partial charge in [0, 0.05) is 28.7 Å². The van der Waals surface area contributed by atoms with E-state index in [9.17, 15) is 4.79 Å². The molecular formula is C20H19ClN4O2. The minimum absolute atomic E-state index is 0.0315. The molecule has 27 heavy (non-hydrogen) atoms. The number of nitrogens with zero attached hydrogens (tertiary/aromatic N) is 2. The second-order valence-corrected chi connectivity index (χ2v) is 6.36. The Kier molecular flexibility index (Phi) is 5.57. The van der Waals surface area contributed by atoms with Crippen LogP contribution in [0.5, 0.6) is 5.75 Å². The second-order valence-electron chi connectivity index (χ2n) is 5.95. The van der Waals surface area contributed by atoms with Crippen LogP contribution in [0.25, 0.3) is 0 Å². The van der Waals surface area contributed by atoms with E-state index in [0.717, 1.165) is 17.1 Å². The minimum Gasteiger partial charge on any atom is -0.495 e. The lowest BCUT2D eigenvalue weighted by Gasteiger charge is -2.11. The first-order valence-corrected chi connectivity index (χ1v) is 8.66. The van der Waals surface area contributed by atoms with Crippen LogP contribution in [0.3, 0.4) is 0 Å². The van der Waals surface area contributed by atoms with Crippen molar-refractivity contribution in [1.29, 1.82) is 0 Å². The minimum atomic E-state index is 0.0315. The molecule has 0 aliphatic rings. The van der Waals surface area contributed by atoms with E-state index >= 15 is 0 Å². The van der Waals surface area contributed by atoms with Crippen molar-refractivity contribution in [1.82, 2.24) is 9.97 Å². The quantitative estimate of drug-likeness (QED) is 0.575. The third kappa shape index (κ3) is 4.74. The number of hydrogen-bond donors (Lipinski definition) is 2. The predicted molar refractivity (Wildman–Crippen MR) is 108 cm³/mol. The van der Waals surface area contributed by atoms with Crippen LogP contribution in [-0.2, 0) is 0 Å². The van der Waals surface area contributed by atoms with Crippen LogP contribution < -0.4 is 15.4 Å². The Morgan fingerprint density at radius 2 is 1.70 bits per heavy atom. The summed E-state index contributed by atoms with van der Waals surface area (Å²) in [5.74, 6) is 1.71. The number of halogens is 1. The Labute approximate surface area is 162 Å². The average Bonchev–Trinajstić information content (AvgIpc) is 2.62. The second kappa shape index (κ2) is 8.05. The van der Waals surface area contributed by atoms with Crippen LogP contribution >= 0.6 is 11.6 Å². The van der Waals surface area contributed by atoms with E-state index in [1.807, 2.05) is 31.2 Å². The molecule has 0 unspecified atom stereocenters. The summed E-state index contributed by atoms with van der Waals surface area (Å²) in [5.41, 5.74) is 3.05. The maximum atomic E-state index is 11.4. The van der Waals surface area contributed by atoms with E-state index < -0.39 is 0 Å². The van der Waals surface area contributed by atoms with Crippen molar-refractivity contribution in [2.24, 2.45) is 0 Å². The summed E-state index contributed by atoms with van der Waals surface area (Å²) in [6.45, 7) is 3.43. The van der Waals surface area contributed by atoms with Gasteiger partial charge in [0.25, 0.3) is 0 Å². The van der Waals surface area contributed by atoms with E-state index in [1.54, 1.807) is 38.3 Å². The molecule has 3 rings (SSSR count). The number of carbonyl (C=O) groups excluding carboxylic acids is 1. The Hall–Kier alpha value is -3.12. The van der Waals surface area contributed by atoms with Gasteiger partial charge in [-0.15, -0.1) is 0 Å². The molecule has 2 N–H and O–H groups in total. The van der Waals surface area contributed by atoms with Gasteiger partial charge in [-0.1, -0.05) is 11.6 Å². The molecule has 0 bridgehead atoms. The van der Waals surface area contributed by atoms with Gasteiger partial charge < -0.3 is 15.4 Å². The third-order valence-electron chi connectivity index (χ3n) is 3.83. The number of Topliss-reactive ketones (excluding diaryl/α,β-unsaturated/α-hetero) is 1. The number of nitrogens with one attached hydrogen (secondary N) is 2. The molecule has 1 heterocycles. The standard InChI is InChI=1S/C20H19ClN4O2/c1-12-10-19(23-15-6-4-14(5-7-15)13(2)26)25-20(22-12)24-16-8-9-18(27-3)17(21)11-16/h4-11H,1-3H3,(H2,22,23,24,25). The van der Waals surface area contributed by atoms with Crippen molar-refractivity contribution in [3.05, 3.63) is 64.8 Å². The summed E-state index contributed by atoms with van der Waals surface area (Å²) in [4.78, 5) is 20.3. The van der Waals surface area contributed by atoms with Gasteiger partial charge in [0.1, 0.15) is 11.6 Å². The van der Waals surface area contributed by atoms with Crippen molar-refractivity contribution < 1.29 is 9.53 Å². The molecule has 0 aliphatic heterocycles. The van der Waals surface area contributed by atoms with Gasteiger partial charge in [-0.2, -0.15) is 4.98 Å². The number of ether oxygens (including phenoxy) is 1. The Balaban J connectivity index is 1.79. The Bertz CT molecular complexity index is 974. The van der Waals surface area contributed by atoms with E-state index in [0.29, 0.717) is 28.1 Å². The summed E-state index contributed by atoms with van der Waals surface area (Å²) in [5, 5.41) is 6.86. The molecule has 2 aromatic carbocycles. The first-order valence-electron chi connectivity index (χ1n) is 8.29. The van der Waals surface area contributed by atoms with E-state index in [2.05, 4.69) is 20.6 Å². The molecule has 1 aromatic heterocycles. The number of ketones is 1. The SMILES string of the molecule is COc1ccc(Nc2nc(C)cc(Nc3ccc(C(C)=O)cc3)n2)cc1Cl. The number of carbonyl (C=O) groups is 1. The fourth-order valence-electron chi connectivity index (χ4n) is 2.50. The summed E-state index contributed by atoms with van der Waals surface area (Å²) in [6.07, 6.45) is 0. The number of methoxy groups -OCH3 is 1. The smallest absolute Gasteiger partial charge is 0.229 e. The van der Waals surface area contributed by atoms with Gasteiger partial charge in [0.2, 0.25) is 5.95 Å². The molecule has 7 heteroatoms. The topological polar surface area (TPSA) is 76.1 Å². The zero-order valence-electron chi connectivity index (χ0n) is 15.2. The first kappa shape index (κ1) is 18.7. The first-order chi connectivity index (χ1) is 12.9. The maximum absolute atomic E-state index is 11.4. The van der Waals surface area contributed by atoms with E-state index in [1.165, 1.54) is 0 Å². The molecule has 0 saturated carbocycles. The van der Waals surface area contributed by atoms with Crippen LogP contribution in [0.2, 0.25) is 5.02 Å². The zero-order valence-corrected chi connectivity index (χ0v) is 16.0.